The average Bonchev–Trinajstić information content (AvgIpc) is 3.23. The summed E-state index contributed by atoms with van der Waals surface area (Å²) in [6, 6.07) is 1.89. The molecule has 0 radical (unpaired) electrons. The maximum atomic E-state index is 14.7. The number of nitrogens with zero attached hydrogens (tertiary/aromatic N) is 3. The molecule has 1 aromatic carbocycles. The Balaban J connectivity index is 2.01. The number of benzene rings is 1. The molecule has 1 saturated heterocycles. The van der Waals surface area contributed by atoms with Gasteiger partial charge in [0.2, 0.25) is 10.0 Å². The number of methoxy groups -OCH3 is 1. The molecular weight excluding hydrogens is 380 g/mol. The SMILES string of the molecule is COc1ccc(F)c(-c2nccn2[C@@H]2COC[C@@H]2CS(=O)(=O)N(C)C)c1F. The minimum atomic E-state index is -3.46. The van der Waals surface area contributed by atoms with Crippen LogP contribution in [-0.2, 0) is 14.8 Å². The topological polar surface area (TPSA) is 73.7 Å². The molecule has 27 heavy (non-hydrogen) atoms. The molecule has 1 aliphatic heterocycles. The van der Waals surface area contributed by atoms with E-state index >= 15 is 0 Å². The van der Waals surface area contributed by atoms with Gasteiger partial charge in [0, 0.05) is 32.4 Å². The molecule has 3 rings (SSSR count). The summed E-state index contributed by atoms with van der Waals surface area (Å²) in [5.74, 6) is -2.19. The molecule has 0 aliphatic carbocycles. The molecule has 2 atom stereocenters. The summed E-state index contributed by atoms with van der Waals surface area (Å²) in [7, 11) is 0.757. The van der Waals surface area contributed by atoms with Crippen LogP contribution in [-0.4, -0.2) is 62.4 Å². The Bertz CT molecular complexity index is 930. The van der Waals surface area contributed by atoms with Crippen LogP contribution in [0.25, 0.3) is 11.4 Å². The number of rotatable bonds is 6. The molecule has 0 N–H and O–H groups in total. The minimum absolute atomic E-state index is 0.0617. The van der Waals surface area contributed by atoms with Gasteiger partial charge in [-0.05, 0) is 12.1 Å². The fourth-order valence-electron chi connectivity index (χ4n) is 3.14. The van der Waals surface area contributed by atoms with Gasteiger partial charge in [0.15, 0.2) is 11.6 Å². The van der Waals surface area contributed by atoms with Crippen molar-refractivity contribution < 1.29 is 26.7 Å². The third kappa shape index (κ3) is 3.69. The van der Waals surface area contributed by atoms with Crippen LogP contribution in [0.5, 0.6) is 5.75 Å². The highest BCUT2D eigenvalue weighted by Crippen LogP contribution is 2.35. The van der Waals surface area contributed by atoms with E-state index in [4.69, 9.17) is 9.47 Å². The quantitative estimate of drug-likeness (QED) is 0.739. The third-order valence-electron chi connectivity index (χ3n) is 4.67. The zero-order valence-electron chi connectivity index (χ0n) is 15.2. The first-order chi connectivity index (χ1) is 12.8. The van der Waals surface area contributed by atoms with Crippen LogP contribution in [0, 0.1) is 17.6 Å². The second-order valence-corrected chi connectivity index (χ2v) is 8.75. The predicted molar refractivity (Wildman–Crippen MR) is 95.0 cm³/mol. The molecule has 0 saturated carbocycles. The van der Waals surface area contributed by atoms with Gasteiger partial charge in [0.1, 0.15) is 11.6 Å². The average molecular weight is 401 g/mol. The van der Waals surface area contributed by atoms with Crippen LogP contribution in [0.3, 0.4) is 0 Å². The molecule has 2 aromatic rings. The molecule has 0 amide bonds. The highest BCUT2D eigenvalue weighted by atomic mass is 32.2. The molecule has 0 bridgehead atoms. The molecule has 0 spiro atoms. The number of hydrogen-bond acceptors (Lipinski definition) is 5. The number of hydrogen-bond donors (Lipinski definition) is 0. The van der Waals surface area contributed by atoms with Crippen molar-refractivity contribution in [2.24, 2.45) is 5.92 Å². The van der Waals surface area contributed by atoms with Gasteiger partial charge < -0.3 is 14.0 Å². The van der Waals surface area contributed by atoms with E-state index in [0.29, 0.717) is 0 Å². The smallest absolute Gasteiger partial charge is 0.214 e. The van der Waals surface area contributed by atoms with Gasteiger partial charge >= 0.3 is 0 Å². The third-order valence-corrected chi connectivity index (χ3v) is 6.63. The van der Waals surface area contributed by atoms with E-state index in [1.165, 1.54) is 33.5 Å². The van der Waals surface area contributed by atoms with Crippen molar-refractivity contribution >= 4 is 10.0 Å². The maximum absolute atomic E-state index is 14.7. The number of imidazole rings is 1. The number of halogens is 2. The van der Waals surface area contributed by atoms with Crippen molar-refractivity contribution in [2.45, 2.75) is 6.04 Å². The zero-order chi connectivity index (χ0) is 19.8. The van der Waals surface area contributed by atoms with E-state index in [-0.39, 0.29) is 42.0 Å². The van der Waals surface area contributed by atoms with Crippen LogP contribution in [0.2, 0.25) is 0 Å². The highest BCUT2D eigenvalue weighted by molar-refractivity contribution is 7.89. The number of sulfonamides is 1. The summed E-state index contributed by atoms with van der Waals surface area (Å²) in [4.78, 5) is 4.11. The van der Waals surface area contributed by atoms with Gasteiger partial charge in [-0.25, -0.2) is 26.5 Å². The van der Waals surface area contributed by atoms with Crippen molar-refractivity contribution in [3.05, 3.63) is 36.2 Å². The van der Waals surface area contributed by atoms with Crippen LogP contribution < -0.4 is 4.74 Å². The van der Waals surface area contributed by atoms with E-state index < -0.39 is 27.7 Å². The Kier molecular flexibility index (Phi) is 5.50. The minimum Gasteiger partial charge on any atom is -0.494 e. The lowest BCUT2D eigenvalue weighted by molar-refractivity contribution is 0.182. The van der Waals surface area contributed by atoms with Crippen molar-refractivity contribution in [3.63, 3.8) is 0 Å². The Morgan fingerprint density at radius 1 is 1.33 bits per heavy atom. The molecule has 1 aliphatic rings. The molecule has 1 aromatic heterocycles. The number of ether oxygens (including phenoxy) is 2. The lowest BCUT2D eigenvalue weighted by atomic mass is 10.1. The van der Waals surface area contributed by atoms with Crippen molar-refractivity contribution in [1.29, 1.82) is 0 Å². The highest BCUT2D eigenvalue weighted by Gasteiger charge is 2.36. The second kappa shape index (κ2) is 7.53. The first kappa shape index (κ1) is 19.7. The number of aromatic nitrogens is 2. The summed E-state index contributed by atoms with van der Waals surface area (Å²) in [6.07, 6.45) is 2.99. The van der Waals surface area contributed by atoms with Gasteiger partial charge in [0.05, 0.1) is 37.7 Å². The van der Waals surface area contributed by atoms with Gasteiger partial charge in [-0.2, -0.15) is 0 Å². The molecule has 2 heterocycles. The Morgan fingerprint density at radius 2 is 2.07 bits per heavy atom. The molecule has 10 heteroatoms. The molecule has 7 nitrogen and oxygen atoms in total. The molecule has 1 fully saturated rings. The molecular formula is C17H21F2N3O4S. The zero-order valence-corrected chi connectivity index (χ0v) is 16.0. The molecule has 148 valence electrons. The second-order valence-electron chi connectivity index (χ2n) is 6.52. The van der Waals surface area contributed by atoms with E-state index in [9.17, 15) is 17.2 Å². The Morgan fingerprint density at radius 3 is 2.74 bits per heavy atom. The Labute approximate surface area is 156 Å². The summed E-state index contributed by atoms with van der Waals surface area (Å²) >= 11 is 0. The first-order valence-corrected chi connectivity index (χ1v) is 9.90. The first-order valence-electron chi connectivity index (χ1n) is 8.29. The largest absolute Gasteiger partial charge is 0.494 e. The van der Waals surface area contributed by atoms with E-state index in [0.717, 1.165) is 10.4 Å². The normalized spacial score (nSPS) is 20.4. The summed E-state index contributed by atoms with van der Waals surface area (Å²) in [5, 5.41) is 0. The van der Waals surface area contributed by atoms with Crippen LogP contribution >= 0.6 is 0 Å². The van der Waals surface area contributed by atoms with E-state index in [1.54, 1.807) is 10.8 Å². The van der Waals surface area contributed by atoms with Crippen molar-refractivity contribution in [1.82, 2.24) is 13.9 Å². The standard InChI is InChI=1S/C17H21F2N3O4S/c1-21(2)27(23,24)10-11-8-26-9-13(11)22-7-6-20-17(22)15-12(18)4-5-14(25-3)16(15)19/h4-7,11,13H,8-10H2,1-3H3/t11-,13-/m1/s1. The van der Waals surface area contributed by atoms with E-state index in [1.807, 2.05) is 0 Å². The fraction of sp³-hybridized carbons (Fsp3) is 0.471. The van der Waals surface area contributed by atoms with Gasteiger partial charge in [0.25, 0.3) is 0 Å². The monoisotopic (exact) mass is 401 g/mol. The van der Waals surface area contributed by atoms with Crippen LogP contribution in [0.4, 0.5) is 8.78 Å². The van der Waals surface area contributed by atoms with Gasteiger partial charge in [-0.15, -0.1) is 0 Å². The van der Waals surface area contributed by atoms with Crippen molar-refractivity contribution in [2.75, 3.05) is 40.2 Å². The van der Waals surface area contributed by atoms with Gasteiger partial charge in [-0.1, -0.05) is 0 Å². The lowest BCUT2D eigenvalue weighted by Gasteiger charge is -2.23. The van der Waals surface area contributed by atoms with Crippen molar-refractivity contribution in [3.8, 4) is 17.1 Å². The van der Waals surface area contributed by atoms with Crippen LogP contribution in [0.1, 0.15) is 6.04 Å². The summed E-state index contributed by atoms with van der Waals surface area (Å²) < 4.78 is 66.7. The molecule has 0 unspecified atom stereocenters. The van der Waals surface area contributed by atoms with E-state index in [2.05, 4.69) is 4.98 Å². The van der Waals surface area contributed by atoms with Crippen LogP contribution in [0.15, 0.2) is 24.5 Å². The lowest BCUT2D eigenvalue weighted by Crippen LogP contribution is -2.32. The fourth-order valence-corrected chi connectivity index (χ4v) is 4.30. The summed E-state index contributed by atoms with van der Waals surface area (Å²) in [6.45, 7) is 0.461. The Hall–Kier alpha value is -2.04. The van der Waals surface area contributed by atoms with Gasteiger partial charge in [-0.3, -0.25) is 0 Å². The summed E-state index contributed by atoms with van der Waals surface area (Å²) in [5.41, 5.74) is -0.319. The predicted octanol–water partition coefficient (Wildman–Crippen LogP) is 1.92. The maximum Gasteiger partial charge on any atom is 0.214 e.